The maximum Gasteiger partial charge on any atom is 0.488 e. The van der Waals surface area contributed by atoms with E-state index in [4.69, 9.17) is 27.1 Å². The molecule has 0 aromatic carbocycles. The van der Waals surface area contributed by atoms with E-state index in [0.717, 1.165) is 0 Å². The molecule has 2 fully saturated rings. The first kappa shape index (κ1) is 14.3. The highest BCUT2D eigenvalue weighted by atomic mass is 31.2. The molecular weight excluding hydrogens is 312 g/mol. The van der Waals surface area contributed by atoms with Gasteiger partial charge < -0.3 is 15.6 Å². The SMILES string of the molecule is [B][P+]1(O)OC[C@H]2O[C@@H](n3cnc4cnc(N)nc43)C(O)[C@H]2O1. The average Bonchev–Trinajstić information content (AvgIpc) is 3.00. The largest absolute Gasteiger partial charge is 0.488 e. The van der Waals surface area contributed by atoms with Crippen LogP contribution in [0.5, 0.6) is 0 Å². The van der Waals surface area contributed by atoms with E-state index in [0.29, 0.717) is 11.2 Å². The molecule has 2 saturated heterocycles. The van der Waals surface area contributed by atoms with Gasteiger partial charge in [-0.1, -0.05) is 0 Å². The lowest BCUT2D eigenvalue weighted by Crippen LogP contribution is -2.40. The Morgan fingerprint density at radius 2 is 2.27 bits per heavy atom. The van der Waals surface area contributed by atoms with Crippen molar-refractivity contribution in [2.24, 2.45) is 0 Å². The number of anilines is 1. The monoisotopic (exact) mass is 324 g/mol. The van der Waals surface area contributed by atoms with E-state index < -0.39 is 32.4 Å². The third-order valence-electron chi connectivity index (χ3n) is 3.61. The van der Waals surface area contributed by atoms with Crippen molar-refractivity contribution < 1.29 is 23.8 Å². The van der Waals surface area contributed by atoms with Crippen molar-refractivity contribution in [3.05, 3.63) is 12.5 Å². The molecule has 2 aromatic heterocycles. The highest BCUT2D eigenvalue weighted by Gasteiger charge is 2.56. The summed E-state index contributed by atoms with van der Waals surface area (Å²) in [6.07, 6.45) is -0.284. The fourth-order valence-corrected chi connectivity index (χ4v) is 3.66. The van der Waals surface area contributed by atoms with Gasteiger partial charge in [-0.15, -0.1) is 0 Å². The van der Waals surface area contributed by atoms with Crippen molar-refractivity contribution in [2.45, 2.75) is 24.5 Å². The van der Waals surface area contributed by atoms with Crippen molar-refractivity contribution in [1.29, 1.82) is 0 Å². The Bertz CT molecular complexity index is 729. The lowest BCUT2D eigenvalue weighted by atomic mass is 10.1. The summed E-state index contributed by atoms with van der Waals surface area (Å²) in [7, 11) is 2.06. The molecule has 10 nitrogen and oxygen atoms in total. The van der Waals surface area contributed by atoms with Crippen LogP contribution in [0.15, 0.2) is 12.5 Å². The lowest BCUT2D eigenvalue weighted by molar-refractivity contribution is -0.0603. The van der Waals surface area contributed by atoms with Gasteiger partial charge in [0.2, 0.25) is 5.95 Å². The second kappa shape index (κ2) is 4.82. The quantitative estimate of drug-likeness (QED) is 0.441. The van der Waals surface area contributed by atoms with Crippen LogP contribution in [0, 0.1) is 0 Å². The van der Waals surface area contributed by atoms with Crippen LogP contribution in [0.2, 0.25) is 0 Å². The molecule has 4 heterocycles. The van der Waals surface area contributed by atoms with Gasteiger partial charge in [-0.05, 0) is 0 Å². The van der Waals surface area contributed by atoms with Crippen LogP contribution in [-0.2, 0) is 13.8 Å². The second-order valence-electron chi connectivity index (χ2n) is 5.07. The third-order valence-corrected chi connectivity index (χ3v) is 4.68. The number of aliphatic hydroxyl groups is 1. The molecule has 2 aromatic rings. The maximum absolute atomic E-state index is 10.4. The molecule has 0 amide bonds. The summed E-state index contributed by atoms with van der Waals surface area (Å²) in [5.74, 6) is 0.0843. The van der Waals surface area contributed by atoms with E-state index >= 15 is 0 Å². The van der Waals surface area contributed by atoms with Crippen molar-refractivity contribution in [3.8, 4) is 0 Å². The molecule has 2 radical (unpaired) electrons. The van der Waals surface area contributed by atoms with Gasteiger partial charge >= 0.3 is 15.4 Å². The first-order valence-electron chi connectivity index (χ1n) is 6.46. The number of hydrogen-bond acceptors (Lipinski definition) is 9. The Labute approximate surface area is 126 Å². The normalized spacial score (nSPS) is 38.3. The van der Waals surface area contributed by atoms with Crippen molar-refractivity contribution in [1.82, 2.24) is 19.5 Å². The topological polar surface area (TPSA) is 138 Å². The Hall–Kier alpha value is -1.36. The van der Waals surface area contributed by atoms with Crippen LogP contribution < -0.4 is 5.73 Å². The van der Waals surface area contributed by atoms with E-state index in [1.54, 1.807) is 0 Å². The zero-order valence-corrected chi connectivity index (χ0v) is 12.1. The van der Waals surface area contributed by atoms with Crippen molar-refractivity contribution in [2.75, 3.05) is 12.3 Å². The number of nitrogens with zero attached hydrogens (tertiary/aromatic N) is 4. The molecule has 2 unspecified atom stereocenters. The van der Waals surface area contributed by atoms with E-state index in [1.165, 1.54) is 17.1 Å². The molecular formula is C10H12BN5O5P+. The summed E-state index contributed by atoms with van der Waals surface area (Å²) in [6.45, 7) is 0.0305. The predicted octanol–water partition coefficient (Wildman–Crippen LogP) is -1.08. The number of rotatable bonds is 1. The van der Waals surface area contributed by atoms with Gasteiger partial charge in [0.05, 0.1) is 12.5 Å². The van der Waals surface area contributed by atoms with E-state index in [2.05, 4.69) is 15.0 Å². The van der Waals surface area contributed by atoms with Crippen LogP contribution in [0.3, 0.4) is 0 Å². The van der Waals surface area contributed by atoms with Crippen LogP contribution in [-0.4, -0.2) is 62.0 Å². The molecule has 2 aliphatic heterocycles. The minimum atomic E-state index is -3.41. The number of aliphatic hydroxyl groups excluding tert-OH is 1. The zero-order valence-electron chi connectivity index (χ0n) is 11.2. The molecule has 0 aliphatic carbocycles. The first-order chi connectivity index (χ1) is 10.4. The predicted molar refractivity (Wildman–Crippen MR) is 75.4 cm³/mol. The summed E-state index contributed by atoms with van der Waals surface area (Å²) in [4.78, 5) is 21.8. The van der Waals surface area contributed by atoms with Gasteiger partial charge in [0, 0.05) is 0 Å². The Balaban J connectivity index is 1.69. The second-order valence-corrected chi connectivity index (χ2v) is 6.67. The number of hydrogen-bond donors (Lipinski definition) is 3. The van der Waals surface area contributed by atoms with Crippen LogP contribution in [0.1, 0.15) is 6.23 Å². The third kappa shape index (κ3) is 2.18. The number of fused-ring (bicyclic) bond motifs is 2. The summed E-state index contributed by atoms with van der Waals surface area (Å²) >= 11 is 0. The van der Waals surface area contributed by atoms with Crippen molar-refractivity contribution >= 4 is 32.5 Å². The Morgan fingerprint density at radius 1 is 1.45 bits per heavy atom. The summed E-state index contributed by atoms with van der Waals surface area (Å²) in [5.41, 5.74) is 6.52. The molecule has 0 bridgehead atoms. The van der Waals surface area contributed by atoms with Gasteiger partial charge in [0.1, 0.15) is 24.3 Å². The van der Waals surface area contributed by atoms with Gasteiger partial charge in [0.25, 0.3) is 0 Å². The van der Waals surface area contributed by atoms with Gasteiger partial charge in [-0.3, -0.25) is 4.57 Å². The molecule has 0 spiro atoms. The van der Waals surface area contributed by atoms with E-state index in [-0.39, 0.29) is 12.6 Å². The first-order valence-corrected chi connectivity index (χ1v) is 8.11. The number of imidazole rings is 1. The van der Waals surface area contributed by atoms with Crippen LogP contribution in [0.25, 0.3) is 11.2 Å². The number of ether oxygens (including phenoxy) is 1. The van der Waals surface area contributed by atoms with Gasteiger partial charge in [-0.25, -0.2) is 14.9 Å². The van der Waals surface area contributed by atoms with Crippen molar-refractivity contribution in [3.63, 3.8) is 0 Å². The molecule has 4 N–H and O–H groups in total. The maximum atomic E-state index is 10.4. The Morgan fingerprint density at radius 3 is 3.09 bits per heavy atom. The van der Waals surface area contributed by atoms with E-state index in [9.17, 15) is 10.00 Å². The Kier molecular flexibility index (Phi) is 3.12. The molecule has 0 saturated carbocycles. The summed E-state index contributed by atoms with van der Waals surface area (Å²) in [6, 6.07) is 0. The number of nitrogens with two attached hydrogens (primary N) is 1. The number of aromatic nitrogens is 4. The summed E-state index contributed by atoms with van der Waals surface area (Å²) in [5, 5.41) is 10.4. The molecule has 22 heavy (non-hydrogen) atoms. The lowest BCUT2D eigenvalue weighted by Gasteiger charge is -2.27. The van der Waals surface area contributed by atoms with Crippen LogP contribution in [0.4, 0.5) is 5.95 Å². The van der Waals surface area contributed by atoms with Crippen LogP contribution >= 0.6 is 7.82 Å². The number of nitrogen functional groups attached to an aromatic ring is 1. The fourth-order valence-electron chi connectivity index (χ4n) is 2.62. The smallest absolute Gasteiger partial charge is 0.385 e. The van der Waals surface area contributed by atoms with Gasteiger partial charge in [0.15, 0.2) is 18.0 Å². The molecule has 114 valence electrons. The summed E-state index contributed by atoms with van der Waals surface area (Å²) < 4.78 is 17.5. The average molecular weight is 324 g/mol. The standard InChI is InChI=1S/C10H12BN5O5P/c11-22(18)19-2-5-7(21-22)6(17)9(20-5)16-3-14-4-1-13-10(12)15-8(4)16/h1,3,5-7,9,17-18H,2H2,(H2,12,13,15)/q+1/t5-,6?,7+,9-,22?/m1/s1. The minimum absolute atomic E-state index is 0.0305. The highest BCUT2D eigenvalue weighted by Crippen LogP contribution is 2.58. The highest BCUT2D eigenvalue weighted by molar-refractivity contribution is 7.85. The molecule has 2 aliphatic rings. The zero-order chi connectivity index (χ0) is 15.5. The minimum Gasteiger partial charge on any atom is -0.385 e. The molecule has 12 heteroatoms. The van der Waals surface area contributed by atoms with Gasteiger partial charge in [-0.2, -0.15) is 14.0 Å². The van der Waals surface area contributed by atoms with E-state index in [1.807, 2.05) is 0 Å². The fraction of sp³-hybridized carbons (Fsp3) is 0.500. The molecule has 4 rings (SSSR count). The molecule has 5 atom stereocenters.